The molecule has 0 fully saturated rings. The number of nitrogens with zero attached hydrogens (tertiary/aromatic N) is 2. The van der Waals surface area contributed by atoms with Gasteiger partial charge in [-0.15, -0.1) is 0 Å². The molecule has 17 heavy (non-hydrogen) atoms. The van der Waals surface area contributed by atoms with Crippen LogP contribution >= 0.6 is 0 Å². The minimum atomic E-state index is -0.0216. The Hall–Kier alpha value is -1.84. The van der Waals surface area contributed by atoms with Gasteiger partial charge in [-0.25, -0.2) is 4.98 Å². The second kappa shape index (κ2) is 4.99. The SMILES string of the molecule is CCCCNC(=O)c1ccc2nc(C)cn2c1. The maximum atomic E-state index is 11.8. The lowest BCUT2D eigenvalue weighted by molar-refractivity contribution is 0.0952. The standard InChI is InChI=1S/C13H17N3O/c1-3-4-7-14-13(17)11-5-6-12-15-10(2)8-16(12)9-11/h5-6,8-9H,3-4,7H2,1-2H3,(H,14,17). The van der Waals surface area contributed by atoms with Crippen LogP contribution in [0, 0.1) is 6.92 Å². The zero-order valence-corrected chi connectivity index (χ0v) is 10.2. The first kappa shape index (κ1) is 11.6. The molecule has 0 aliphatic rings. The van der Waals surface area contributed by atoms with E-state index < -0.39 is 0 Å². The Balaban J connectivity index is 2.15. The quantitative estimate of drug-likeness (QED) is 0.820. The van der Waals surface area contributed by atoms with Crippen LogP contribution in [0.1, 0.15) is 35.8 Å². The van der Waals surface area contributed by atoms with Gasteiger partial charge in [-0.05, 0) is 25.5 Å². The molecule has 0 saturated heterocycles. The highest BCUT2D eigenvalue weighted by Crippen LogP contribution is 2.07. The molecule has 4 nitrogen and oxygen atoms in total. The molecule has 0 aromatic carbocycles. The van der Waals surface area contributed by atoms with E-state index in [-0.39, 0.29) is 5.91 Å². The molecule has 90 valence electrons. The van der Waals surface area contributed by atoms with Gasteiger partial charge in [0, 0.05) is 18.9 Å². The number of hydrogen-bond donors (Lipinski definition) is 1. The average Bonchev–Trinajstić information content (AvgIpc) is 2.68. The van der Waals surface area contributed by atoms with E-state index in [9.17, 15) is 4.79 Å². The molecule has 0 unspecified atom stereocenters. The third kappa shape index (κ3) is 2.64. The second-order valence-corrected chi connectivity index (χ2v) is 4.17. The van der Waals surface area contributed by atoms with Crippen molar-refractivity contribution >= 4 is 11.6 Å². The fraction of sp³-hybridized carbons (Fsp3) is 0.385. The Morgan fingerprint density at radius 2 is 2.24 bits per heavy atom. The number of aryl methyl sites for hydroxylation is 1. The van der Waals surface area contributed by atoms with E-state index in [1.165, 1.54) is 0 Å². The third-order valence-electron chi connectivity index (χ3n) is 2.65. The molecule has 1 N–H and O–H groups in total. The summed E-state index contributed by atoms with van der Waals surface area (Å²) in [5, 5.41) is 2.90. The summed E-state index contributed by atoms with van der Waals surface area (Å²) in [7, 11) is 0. The fourth-order valence-corrected chi connectivity index (χ4v) is 1.73. The van der Waals surface area contributed by atoms with Gasteiger partial charge in [0.15, 0.2) is 0 Å². The monoisotopic (exact) mass is 231 g/mol. The number of imidazole rings is 1. The molecule has 0 spiro atoms. The Kier molecular flexibility index (Phi) is 3.42. The highest BCUT2D eigenvalue weighted by molar-refractivity contribution is 5.94. The number of carbonyl (C=O) groups is 1. The van der Waals surface area contributed by atoms with Gasteiger partial charge in [0.05, 0.1) is 11.3 Å². The number of unbranched alkanes of at least 4 members (excludes halogenated alkanes) is 1. The smallest absolute Gasteiger partial charge is 0.252 e. The van der Waals surface area contributed by atoms with E-state index in [2.05, 4.69) is 17.2 Å². The van der Waals surface area contributed by atoms with Crippen LogP contribution < -0.4 is 5.32 Å². The number of nitrogens with one attached hydrogen (secondary N) is 1. The Morgan fingerprint density at radius 3 is 3.00 bits per heavy atom. The zero-order valence-electron chi connectivity index (χ0n) is 10.2. The number of rotatable bonds is 4. The van der Waals surface area contributed by atoms with Gasteiger partial charge in [-0.3, -0.25) is 4.79 Å². The van der Waals surface area contributed by atoms with Crippen molar-refractivity contribution in [2.45, 2.75) is 26.7 Å². The van der Waals surface area contributed by atoms with Crippen LogP contribution in [-0.4, -0.2) is 21.8 Å². The Bertz CT molecular complexity index is 530. The van der Waals surface area contributed by atoms with Gasteiger partial charge in [-0.2, -0.15) is 0 Å². The maximum Gasteiger partial charge on any atom is 0.252 e. The molecule has 0 saturated carbocycles. The van der Waals surface area contributed by atoms with Gasteiger partial charge in [-0.1, -0.05) is 13.3 Å². The first-order valence-electron chi connectivity index (χ1n) is 5.94. The van der Waals surface area contributed by atoms with Crippen molar-refractivity contribution < 1.29 is 4.79 Å². The first-order chi connectivity index (χ1) is 8.20. The summed E-state index contributed by atoms with van der Waals surface area (Å²) in [5.41, 5.74) is 2.49. The summed E-state index contributed by atoms with van der Waals surface area (Å²) in [4.78, 5) is 16.1. The van der Waals surface area contributed by atoms with Crippen LogP contribution in [0.2, 0.25) is 0 Å². The van der Waals surface area contributed by atoms with Crippen molar-refractivity contribution in [3.05, 3.63) is 35.8 Å². The van der Waals surface area contributed by atoms with E-state index in [1.54, 1.807) is 0 Å². The molecule has 4 heteroatoms. The van der Waals surface area contributed by atoms with Crippen LogP contribution in [0.25, 0.3) is 5.65 Å². The number of pyridine rings is 1. The third-order valence-corrected chi connectivity index (χ3v) is 2.65. The van der Waals surface area contributed by atoms with Gasteiger partial charge in [0.1, 0.15) is 5.65 Å². The minimum Gasteiger partial charge on any atom is -0.352 e. The molecule has 1 amide bonds. The molecular formula is C13H17N3O. The topological polar surface area (TPSA) is 46.4 Å². The van der Waals surface area contributed by atoms with Crippen LogP contribution in [0.4, 0.5) is 0 Å². The number of amides is 1. The van der Waals surface area contributed by atoms with Gasteiger partial charge in [0.2, 0.25) is 0 Å². The highest BCUT2D eigenvalue weighted by Gasteiger charge is 2.06. The van der Waals surface area contributed by atoms with Gasteiger partial charge >= 0.3 is 0 Å². The molecule has 2 aromatic heterocycles. The highest BCUT2D eigenvalue weighted by atomic mass is 16.1. The maximum absolute atomic E-state index is 11.8. The first-order valence-corrected chi connectivity index (χ1v) is 5.94. The van der Waals surface area contributed by atoms with E-state index in [0.29, 0.717) is 5.56 Å². The number of aromatic nitrogens is 2. The normalized spacial score (nSPS) is 10.7. The summed E-state index contributed by atoms with van der Waals surface area (Å²) >= 11 is 0. The van der Waals surface area contributed by atoms with Crippen molar-refractivity contribution in [1.82, 2.24) is 14.7 Å². The van der Waals surface area contributed by atoms with E-state index >= 15 is 0 Å². The van der Waals surface area contributed by atoms with Crippen LogP contribution in [-0.2, 0) is 0 Å². The van der Waals surface area contributed by atoms with Crippen molar-refractivity contribution in [1.29, 1.82) is 0 Å². The van der Waals surface area contributed by atoms with Gasteiger partial charge in [0.25, 0.3) is 5.91 Å². The number of carbonyl (C=O) groups excluding carboxylic acids is 1. The largest absolute Gasteiger partial charge is 0.352 e. The predicted octanol–water partition coefficient (Wildman–Crippen LogP) is 2.17. The number of hydrogen-bond acceptors (Lipinski definition) is 2. The average molecular weight is 231 g/mol. The van der Waals surface area contributed by atoms with Crippen molar-refractivity contribution in [2.24, 2.45) is 0 Å². The molecule has 2 aromatic rings. The van der Waals surface area contributed by atoms with E-state index in [1.807, 2.05) is 35.9 Å². The molecule has 0 aliphatic carbocycles. The lowest BCUT2D eigenvalue weighted by atomic mass is 10.2. The van der Waals surface area contributed by atoms with Crippen LogP contribution in [0.5, 0.6) is 0 Å². The van der Waals surface area contributed by atoms with Crippen molar-refractivity contribution in [3.63, 3.8) is 0 Å². The Labute approximate surface area is 101 Å². The summed E-state index contributed by atoms with van der Waals surface area (Å²) in [6.07, 6.45) is 5.83. The lowest BCUT2D eigenvalue weighted by Gasteiger charge is -2.04. The van der Waals surface area contributed by atoms with Crippen molar-refractivity contribution in [3.8, 4) is 0 Å². The Morgan fingerprint density at radius 1 is 1.41 bits per heavy atom. The summed E-state index contributed by atoms with van der Waals surface area (Å²) in [5.74, 6) is -0.0216. The van der Waals surface area contributed by atoms with Gasteiger partial charge < -0.3 is 9.72 Å². The molecule has 2 rings (SSSR count). The van der Waals surface area contributed by atoms with Crippen LogP contribution in [0.3, 0.4) is 0 Å². The van der Waals surface area contributed by atoms with Crippen molar-refractivity contribution in [2.75, 3.05) is 6.54 Å². The predicted molar refractivity (Wildman–Crippen MR) is 67.2 cm³/mol. The fourth-order valence-electron chi connectivity index (χ4n) is 1.73. The summed E-state index contributed by atoms with van der Waals surface area (Å²) in [6, 6.07) is 3.67. The van der Waals surface area contributed by atoms with Crippen LogP contribution in [0.15, 0.2) is 24.5 Å². The molecule has 0 radical (unpaired) electrons. The molecule has 0 bridgehead atoms. The minimum absolute atomic E-state index is 0.0216. The second-order valence-electron chi connectivity index (χ2n) is 4.17. The molecule has 2 heterocycles. The molecule has 0 atom stereocenters. The number of fused-ring (bicyclic) bond motifs is 1. The summed E-state index contributed by atoms with van der Waals surface area (Å²) in [6.45, 7) is 4.77. The molecular weight excluding hydrogens is 214 g/mol. The zero-order chi connectivity index (χ0) is 12.3. The molecule has 0 aliphatic heterocycles. The lowest BCUT2D eigenvalue weighted by Crippen LogP contribution is -2.24. The van der Waals surface area contributed by atoms with E-state index in [0.717, 1.165) is 30.7 Å². The van der Waals surface area contributed by atoms with E-state index in [4.69, 9.17) is 0 Å². The summed E-state index contributed by atoms with van der Waals surface area (Å²) < 4.78 is 1.88.